The summed E-state index contributed by atoms with van der Waals surface area (Å²) in [6, 6.07) is 8.31. The Hall–Kier alpha value is -1.77. The van der Waals surface area contributed by atoms with E-state index in [0.717, 1.165) is 19.4 Å². The number of aromatic nitrogens is 1. The summed E-state index contributed by atoms with van der Waals surface area (Å²) in [5, 5.41) is 4.33. The van der Waals surface area contributed by atoms with Gasteiger partial charge in [0.05, 0.1) is 0 Å². The first-order chi connectivity index (χ1) is 9.66. The number of nitrogens with one attached hydrogen (secondary N) is 2. The molecule has 0 spiro atoms. The molecule has 0 saturated heterocycles. The summed E-state index contributed by atoms with van der Waals surface area (Å²) in [5.41, 5.74) is 2.88. The van der Waals surface area contributed by atoms with Crippen molar-refractivity contribution in [3.05, 3.63) is 36.0 Å². The van der Waals surface area contributed by atoms with Crippen LogP contribution in [0.1, 0.15) is 38.2 Å². The Morgan fingerprint density at radius 1 is 1.35 bits per heavy atom. The van der Waals surface area contributed by atoms with Crippen molar-refractivity contribution in [3.8, 4) is 0 Å². The van der Waals surface area contributed by atoms with E-state index in [9.17, 15) is 4.79 Å². The van der Waals surface area contributed by atoms with Gasteiger partial charge < -0.3 is 10.3 Å². The SMILES string of the molecule is CC1(CNC(=O)CCCc2c[nH]c3ccccc23)CC1. The molecule has 2 N–H and O–H groups in total. The van der Waals surface area contributed by atoms with Gasteiger partial charge in [-0.2, -0.15) is 0 Å². The second-order valence-electron chi connectivity index (χ2n) is 6.30. The topological polar surface area (TPSA) is 44.9 Å². The van der Waals surface area contributed by atoms with Crippen molar-refractivity contribution in [2.45, 2.75) is 39.0 Å². The van der Waals surface area contributed by atoms with E-state index in [-0.39, 0.29) is 5.91 Å². The molecule has 3 rings (SSSR count). The number of fused-ring (bicyclic) bond motifs is 1. The van der Waals surface area contributed by atoms with Crippen molar-refractivity contribution in [1.82, 2.24) is 10.3 Å². The molecule has 2 aromatic rings. The minimum Gasteiger partial charge on any atom is -0.361 e. The Kier molecular flexibility index (Phi) is 3.51. The van der Waals surface area contributed by atoms with Crippen molar-refractivity contribution in [3.63, 3.8) is 0 Å². The molecule has 1 heterocycles. The lowest BCUT2D eigenvalue weighted by Gasteiger charge is -2.09. The number of carbonyl (C=O) groups is 1. The summed E-state index contributed by atoms with van der Waals surface area (Å²) < 4.78 is 0. The van der Waals surface area contributed by atoms with Crippen molar-refractivity contribution < 1.29 is 4.79 Å². The number of H-pyrrole nitrogens is 1. The second-order valence-corrected chi connectivity index (χ2v) is 6.30. The number of para-hydroxylation sites is 1. The lowest BCUT2D eigenvalue weighted by Crippen LogP contribution is -2.28. The fourth-order valence-corrected chi connectivity index (χ4v) is 2.57. The highest BCUT2D eigenvalue weighted by Gasteiger charge is 2.37. The number of carbonyl (C=O) groups excluding carboxylic acids is 1. The maximum atomic E-state index is 11.8. The maximum absolute atomic E-state index is 11.8. The minimum absolute atomic E-state index is 0.193. The van der Waals surface area contributed by atoms with Crippen LogP contribution in [0.5, 0.6) is 0 Å². The zero-order chi connectivity index (χ0) is 14.0. The van der Waals surface area contributed by atoms with Gasteiger partial charge in [0.1, 0.15) is 0 Å². The van der Waals surface area contributed by atoms with Crippen LogP contribution in [0, 0.1) is 5.41 Å². The summed E-state index contributed by atoms with van der Waals surface area (Å²) in [7, 11) is 0. The molecule has 3 nitrogen and oxygen atoms in total. The predicted molar refractivity (Wildman–Crippen MR) is 81.6 cm³/mol. The molecule has 106 valence electrons. The van der Waals surface area contributed by atoms with E-state index < -0.39 is 0 Å². The van der Waals surface area contributed by atoms with Crippen LogP contribution in [0.25, 0.3) is 10.9 Å². The highest BCUT2D eigenvalue weighted by Crippen LogP contribution is 2.44. The molecule has 1 aromatic heterocycles. The number of aromatic amines is 1. The average Bonchev–Trinajstić information content (AvgIpc) is 3.05. The minimum atomic E-state index is 0.193. The monoisotopic (exact) mass is 270 g/mol. The lowest BCUT2D eigenvalue weighted by molar-refractivity contribution is -0.121. The quantitative estimate of drug-likeness (QED) is 0.830. The molecule has 1 aliphatic rings. The van der Waals surface area contributed by atoms with E-state index in [1.54, 1.807) is 0 Å². The van der Waals surface area contributed by atoms with Gasteiger partial charge in [0.25, 0.3) is 0 Å². The van der Waals surface area contributed by atoms with Crippen LogP contribution in [0.3, 0.4) is 0 Å². The normalized spacial score (nSPS) is 16.2. The zero-order valence-electron chi connectivity index (χ0n) is 12.0. The fourth-order valence-electron chi connectivity index (χ4n) is 2.57. The summed E-state index contributed by atoms with van der Waals surface area (Å²) in [4.78, 5) is 15.1. The lowest BCUT2D eigenvalue weighted by atomic mass is 10.1. The Morgan fingerprint density at radius 2 is 2.15 bits per heavy atom. The molecule has 0 bridgehead atoms. The third-order valence-electron chi connectivity index (χ3n) is 4.34. The van der Waals surface area contributed by atoms with Crippen molar-refractivity contribution in [2.24, 2.45) is 5.41 Å². The highest BCUT2D eigenvalue weighted by atomic mass is 16.1. The predicted octanol–water partition coefficient (Wildman–Crippen LogP) is 3.41. The first-order valence-corrected chi connectivity index (χ1v) is 7.48. The van der Waals surface area contributed by atoms with Crippen LogP contribution < -0.4 is 5.32 Å². The molecule has 3 heteroatoms. The summed E-state index contributed by atoms with van der Waals surface area (Å²) in [6.45, 7) is 3.08. The van der Waals surface area contributed by atoms with Gasteiger partial charge >= 0.3 is 0 Å². The van der Waals surface area contributed by atoms with Gasteiger partial charge in [-0.3, -0.25) is 4.79 Å². The van der Waals surface area contributed by atoms with Crippen LogP contribution in [0.4, 0.5) is 0 Å². The Bertz CT molecular complexity index is 610. The van der Waals surface area contributed by atoms with Crippen molar-refractivity contribution in [1.29, 1.82) is 0 Å². The molecule has 0 radical (unpaired) electrons. The molecule has 1 amide bonds. The van der Waals surface area contributed by atoms with Crippen LogP contribution in [0.15, 0.2) is 30.5 Å². The summed E-state index contributed by atoms with van der Waals surface area (Å²) in [5.74, 6) is 0.193. The molecule has 0 aliphatic heterocycles. The molecule has 1 fully saturated rings. The van der Waals surface area contributed by atoms with E-state index in [1.807, 2.05) is 6.07 Å². The molecule has 0 unspecified atom stereocenters. The van der Waals surface area contributed by atoms with Crippen molar-refractivity contribution in [2.75, 3.05) is 6.54 Å². The van der Waals surface area contributed by atoms with Crippen molar-refractivity contribution >= 4 is 16.8 Å². The van der Waals surface area contributed by atoms with E-state index in [1.165, 1.54) is 29.3 Å². The Morgan fingerprint density at radius 3 is 2.95 bits per heavy atom. The zero-order valence-corrected chi connectivity index (χ0v) is 12.0. The van der Waals surface area contributed by atoms with Gasteiger partial charge in [0.15, 0.2) is 0 Å². The van der Waals surface area contributed by atoms with Gasteiger partial charge in [0, 0.05) is 30.1 Å². The van der Waals surface area contributed by atoms with E-state index in [2.05, 4.69) is 41.6 Å². The van der Waals surface area contributed by atoms with E-state index in [0.29, 0.717) is 11.8 Å². The number of aryl methyl sites for hydroxylation is 1. The average molecular weight is 270 g/mol. The smallest absolute Gasteiger partial charge is 0.220 e. The van der Waals surface area contributed by atoms with Crippen LogP contribution in [0.2, 0.25) is 0 Å². The maximum Gasteiger partial charge on any atom is 0.220 e. The number of benzene rings is 1. The molecule has 1 aliphatic carbocycles. The first kappa shape index (κ1) is 13.2. The van der Waals surface area contributed by atoms with Crippen LogP contribution in [-0.4, -0.2) is 17.4 Å². The third-order valence-corrected chi connectivity index (χ3v) is 4.34. The number of hydrogen-bond acceptors (Lipinski definition) is 1. The second kappa shape index (κ2) is 5.31. The van der Waals surface area contributed by atoms with Crippen LogP contribution in [-0.2, 0) is 11.2 Å². The molecule has 1 aromatic carbocycles. The number of rotatable bonds is 6. The van der Waals surface area contributed by atoms with Gasteiger partial charge in [-0.15, -0.1) is 0 Å². The van der Waals surface area contributed by atoms with Crippen LogP contribution >= 0.6 is 0 Å². The number of hydrogen-bond donors (Lipinski definition) is 2. The summed E-state index contributed by atoms with van der Waals surface area (Å²) in [6.07, 6.45) is 7.05. The molecular weight excluding hydrogens is 248 g/mol. The number of amides is 1. The third kappa shape index (κ3) is 3.03. The molecule has 1 saturated carbocycles. The van der Waals surface area contributed by atoms with E-state index >= 15 is 0 Å². The van der Waals surface area contributed by atoms with Gasteiger partial charge in [0.2, 0.25) is 5.91 Å². The molecule has 20 heavy (non-hydrogen) atoms. The fraction of sp³-hybridized carbons (Fsp3) is 0.471. The van der Waals surface area contributed by atoms with E-state index in [4.69, 9.17) is 0 Å². The Labute approximate surface area is 119 Å². The highest BCUT2D eigenvalue weighted by molar-refractivity contribution is 5.83. The summed E-state index contributed by atoms with van der Waals surface area (Å²) >= 11 is 0. The van der Waals surface area contributed by atoms with Gasteiger partial charge in [-0.25, -0.2) is 0 Å². The standard InChI is InChI=1S/C17H22N2O/c1-17(9-10-17)12-19-16(20)8-4-5-13-11-18-15-7-3-2-6-14(13)15/h2-3,6-7,11,18H,4-5,8-10,12H2,1H3,(H,19,20). The van der Waals surface area contributed by atoms with Gasteiger partial charge in [-0.05, 0) is 42.7 Å². The van der Waals surface area contributed by atoms with Gasteiger partial charge in [-0.1, -0.05) is 25.1 Å². The first-order valence-electron chi connectivity index (χ1n) is 7.48. The Balaban J connectivity index is 1.46. The molecular formula is C17H22N2O. The molecule has 0 atom stereocenters. The largest absolute Gasteiger partial charge is 0.361 e.